The van der Waals surface area contributed by atoms with Crippen LogP contribution >= 0.6 is 0 Å². The maximum Gasteiger partial charge on any atom is 0.341 e. The van der Waals surface area contributed by atoms with Gasteiger partial charge in [0.25, 0.3) is 11.6 Å². The lowest BCUT2D eigenvalue weighted by atomic mass is 10.1. The average Bonchev–Trinajstić information content (AvgIpc) is 2.66. The molecule has 0 bridgehead atoms. The Kier molecular flexibility index (Phi) is 7.12. The third kappa shape index (κ3) is 5.65. The zero-order valence-corrected chi connectivity index (χ0v) is 15.8. The lowest BCUT2D eigenvalue weighted by Crippen LogP contribution is -2.39. The van der Waals surface area contributed by atoms with Crippen molar-refractivity contribution in [2.45, 2.75) is 26.8 Å². The van der Waals surface area contributed by atoms with Crippen molar-refractivity contribution in [2.24, 2.45) is 5.92 Å². The highest BCUT2D eigenvalue weighted by Gasteiger charge is 2.23. The maximum atomic E-state index is 12.5. The van der Waals surface area contributed by atoms with Crippen LogP contribution in [0.15, 0.2) is 18.2 Å². The summed E-state index contributed by atoms with van der Waals surface area (Å²) in [6.45, 7) is 7.48. The average molecular weight is 379 g/mol. The number of non-ortho nitro benzene ring substituents is 1. The van der Waals surface area contributed by atoms with E-state index >= 15 is 0 Å². The van der Waals surface area contributed by atoms with E-state index < -0.39 is 23.4 Å². The fourth-order valence-electron chi connectivity index (χ4n) is 2.55. The van der Waals surface area contributed by atoms with E-state index in [2.05, 4.69) is 5.32 Å². The van der Waals surface area contributed by atoms with E-state index in [-0.39, 0.29) is 23.2 Å². The number of morpholine rings is 1. The summed E-state index contributed by atoms with van der Waals surface area (Å²) in [5, 5.41) is 13.8. The zero-order chi connectivity index (χ0) is 20.0. The fraction of sp³-hybridized carbons (Fsp3) is 0.556. The summed E-state index contributed by atoms with van der Waals surface area (Å²) in [6.07, 6.45) is 0. The first-order valence-electron chi connectivity index (χ1n) is 8.87. The molecule has 9 heteroatoms. The van der Waals surface area contributed by atoms with Crippen molar-refractivity contribution < 1.29 is 24.0 Å². The van der Waals surface area contributed by atoms with Crippen LogP contribution in [-0.2, 0) is 14.3 Å². The summed E-state index contributed by atoms with van der Waals surface area (Å²) in [7, 11) is 0. The number of esters is 1. The SMILES string of the molecule is CC(C)[C@H](C)NC(=O)COC(=O)c1cc([N+](=O)[O-])ccc1N1CCOCC1. The number of anilines is 1. The molecule has 0 saturated carbocycles. The number of hydrogen-bond acceptors (Lipinski definition) is 7. The summed E-state index contributed by atoms with van der Waals surface area (Å²) >= 11 is 0. The highest BCUT2D eigenvalue weighted by molar-refractivity contribution is 5.97. The van der Waals surface area contributed by atoms with Crippen LogP contribution in [-0.4, -0.2) is 55.8 Å². The molecule has 148 valence electrons. The standard InChI is InChI=1S/C18H25N3O6/c1-12(2)13(3)19-17(22)11-27-18(23)15-10-14(21(24)25)4-5-16(15)20-6-8-26-9-7-20/h4-5,10,12-13H,6-9,11H2,1-3H3,(H,19,22)/t13-/m0/s1. The van der Waals surface area contributed by atoms with Gasteiger partial charge in [0.2, 0.25) is 0 Å². The molecule has 9 nitrogen and oxygen atoms in total. The van der Waals surface area contributed by atoms with Crippen LogP contribution < -0.4 is 10.2 Å². The second-order valence-corrected chi connectivity index (χ2v) is 6.73. The van der Waals surface area contributed by atoms with Crippen molar-refractivity contribution in [3.05, 3.63) is 33.9 Å². The summed E-state index contributed by atoms with van der Waals surface area (Å²) in [5.74, 6) is -0.940. The van der Waals surface area contributed by atoms with E-state index in [1.54, 1.807) is 0 Å². The van der Waals surface area contributed by atoms with Gasteiger partial charge in [0, 0.05) is 31.3 Å². The fourth-order valence-corrected chi connectivity index (χ4v) is 2.55. The van der Waals surface area contributed by atoms with Gasteiger partial charge in [-0.05, 0) is 18.9 Å². The first-order valence-corrected chi connectivity index (χ1v) is 8.87. The number of amides is 1. The van der Waals surface area contributed by atoms with E-state index in [4.69, 9.17) is 9.47 Å². The van der Waals surface area contributed by atoms with E-state index in [1.807, 2.05) is 25.7 Å². The van der Waals surface area contributed by atoms with Crippen LogP contribution in [0.25, 0.3) is 0 Å². The van der Waals surface area contributed by atoms with Crippen molar-refractivity contribution in [1.82, 2.24) is 5.32 Å². The first-order chi connectivity index (χ1) is 12.8. The minimum atomic E-state index is -0.771. The summed E-state index contributed by atoms with van der Waals surface area (Å²) in [4.78, 5) is 36.9. The summed E-state index contributed by atoms with van der Waals surface area (Å²) in [5.41, 5.74) is 0.387. The molecular formula is C18H25N3O6. The Labute approximate surface area is 157 Å². The van der Waals surface area contributed by atoms with Crippen LogP contribution in [0.1, 0.15) is 31.1 Å². The topological polar surface area (TPSA) is 111 Å². The van der Waals surface area contributed by atoms with Gasteiger partial charge < -0.3 is 19.7 Å². The Bertz CT molecular complexity index is 700. The maximum absolute atomic E-state index is 12.5. The van der Waals surface area contributed by atoms with Gasteiger partial charge in [-0.15, -0.1) is 0 Å². The second-order valence-electron chi connectivity index (χ2n) is 6.73. The number of nitro groups is 1. The molecule has 1 amide bonds. The Balaban J connectivity index is 2.13. The predicted molar refractivity (Wildman–Crippen MR) is 98.9 cm³/mol. The van der Waals surface area contributed by atoms with Crippen LogP contribution in [0.5, 0.6) is 0 Å². The minimum absolute atomic E-state index is 0.0575. The predicted octanol–water partition coefficient (Wildman–Crippen LogP) is 1.75. The van der Waals surface area contributed by atoms with E-state index in [9.17, 15) is 19.7 Å². The molecule has 1 aliphatic heterocycles. The first kappa shape index (κ1) is 20.6. The molecule has 1 atom stereocenters. The molecule has 0 radical (unpaired) electrons. The highest BCUT2D eigenvalue weighted by Crippen LogP contribution is 2.27. The largest absolute Gasteiger partial charge is 0.452 e. The smallest absolute Gasteiger partial charge is 0.341 e. The molecule has 1 saturated heterocycles. The molecule has 1 aromatic rings. The lowest BCUT2D eigenvalue weighted by molar-refractivity contribution is -0.384. The number of carbonyl (C=O) groups is 2. The Hall–Kier alpha value is -2.68. The monoisotopic (exact) mass is 379 g/mol. The molecule has 1 aromatic carbocycles. The number of nitro benzene ring substituents is 1. The van der Waals surface area contributed by atoms with Gasteiger partial charge >= 0.3 is 5.97 Å². The Morgan fingerprint density at radius 1 is 1.30 bits per heavy atom. The Morgan fingerprint density at radius 2 is 1.96 bits per heavy atom. The van der Waals surface area contributed by atoms with E-state index in [0.717, 1.165) is 0 Å². The van der Waals surface area contributed by atoms with Gasteiger partial charge in [-0.25, -0.2) is 4.79 Å². The van der Waals surface area contributed by atoms with Gasteiger partial charge in [-0.3, -0.25) is 14.9 Å². The molecule has 0 aromatic heterocycles. The van der Waals surface area contributed by atoms with E-state index in [1.165, 1.54) is 18.2 Å². The zero-order valence-electron chi connectivity index (χ0n) is 15.8. The second kappa shape index (κ2) is 9.31. The number of carbonyl (C=O) groups excluding carboxylic acids is 2. The third-order valence-electron chi connectivity index (χ3n) is 4.49. The molecule has 0 aliphatic carbocycles. The number of hydrogen-bond donors (Lipinski definition) is 1. The molecule has 2 rings (SSSR count). The number of benzene rings is 1. The number of nitrogens with zero attached hydrogens (tertiary/aromatic N) is 2. The van der Waals surface area contributed by atoms with Crippen molar-refractivity contribution in [3.8, 4) is 0 Å². The molecule has 27 heavy (non-hydrogen) atoms. The molecule has 0 spiro atoms. The quantitative estimate of drug-likeness (QED) is 0.436. The van der Waals surface area contributed by atoms with Gasteiger partial charge in [0.05, 0.1) is 29.4 Å². The molecule has 1 fully saturated rings. The molecule has 1 heterocycles. The lowest BCUT2D eigenvalue weighted by Gasteiger charge is -2.30. The van der Waals surface area contributed by atoms with Crippen LogP contribution in [0.2, 0.25) is 0 Å². The molecular weight excluding hydrogens is 354 g/mol. The van der Waals surface area contributed by atoms with Gasteiger partial charge in [-0.1, -0.05) is 13.8 Å². The normalized spacial score (nSPS) is 15.3. The van der Waals surface area contributed by atoms with Crippen molar-refractivity contribution in [1.29, 1.82) is 0 Å². The summed E-state index contributed by atoms with van der Waals surface area (Å²) < 4.78 is 10.4. The van der Waals surface area contributed by atoms with Crippen molar-refractivity contribution >= 4 is 23.3 Å². The van der Waals surface area contributed by atoms with Crippen molar-refractivity contribution in [2.75, 3.05) is 37.8 Å². The van der Waals surface area contributed by atoms with E-state index in [0.29, 0.717) is 32.0 Å². The molecule has 1 aliphatic rings. The molecule has 1 N–H and O–H groups in total. The highest BCUT2D eigenvalue weighted by atomic mass is 16.6. The van der Waals surface area contributed by atoms with Gasteiger partial charge in [0.15, 0.2) is 6.61 Å². The van der Waals surface area contributed by atoms with Gasteiger partial charge in [0.1, 0.15) is 0 Å². The number of rotatable bonds is 7. The number of nitrogens with one attached hydrogen (secondary N) is 1. The van der Waals surface area contributed by atoms with Crippen molar-refractivity contribution in [3.63, 3.8) is 0 Å². The summed E-state index contributed by atoms with van der Waals surface area (Å²) in [6, 6.07) is 4.00. The Morgan fingerprint density at radius 3 is 2.56 bits per heavy atom. The van der Waals surface area contributed by atoms with Crippen LogP contribution in [0.3, 0.4) is 0 Å². The van der Waals surface area contributed by atoms with Crippen LogP contribution in [0.4, 0.5) is 11.4 Å². The third-order valence-corrected chi connectivity index (χ3v) is 4.49. The van der Waals surface area contributed by atoms with Gasteiger partial charge in [-0.2, -0.15) is 0 Å². The number of ether oxygens (including phenoxy) is 2. The van der Waals surface area contributed by atoms with Crippen LogP contribution in [0, 0.1) is 16.0 Å². The molecule has 0 unspecified atom stereocenters. The minimum Gasteiger partial charge on any atom is -0.452 e.